The number of amides is 2. The van der Waals surface area contributed by atoms with Gasteiger partial charge >= 0.3 is 0 Å². The number of methoxy groups -OCH3 is 1. The van der Waals surface area contributed by atoms with Gasteiger partial charge in [-0.1, -0.05) is 6.07 Å². The Bertz CT molecular complexity index is 2180. The van der Waals surface area contributed by atoms with Crippen LogP contribution in [0.5, 0.6) is 5.75 Å². The Morgan fingerprint density at radius 3 is 2.60 bits per heavy atom. The van der Waals surface area contributed by atoms with Crippen molar-refractivity contribution in [3.8, 4) is 28.5 Å². The number of anilines is 1. The van der Waals surface area contributed by atoms with Crippen molar-refractivity contribution in [3.05, 3.63) is 72.0 Å². The molecule has 5 aromatic rings. The van der Waals surface area contributed by atoms with E-state index in [1.165, 1.54) is 25.2 Å². The first-order valence-corrected chi connectivity index (χ1v) is 17.6. The molecule has 2 amide bonds. The quantitative estimate of drug-likeness (QED) is 0.137. The number of fused-ring (bicyclic) bond motifs is 4. The zero-order chi connectivity index (χ0) is 34.7. The molecule has 2 bridgehead atoms. The average molecular weight is 674 g/mol. The van der Waals surface area contributed by atoms with Gasteiger partial charge in [-0.25, -0.2) is 9.97 Å². The van der Waals surface area contributed by atoms with E-state index >= 15 is 0 Å². The van der Waals surface area contributed by atoms with Crippen LogP contribution < -0.4 is 15.8 Å². The van der Waals surface area contributed by atoms with Gasteiger partial charge in [-0.15, -0.1) is 0 Å². The van der Waals surface area contributed by atoms with Crippen LogP contribution >= 0.6 is 0 Å². The van der Waals surface area contributed by atoms with Crippen molar-refractivity contribution in [2.75, 3.05) is 25.6 Å². The van der Waals surface area contributed by atoms with Gasteiger partial charge in [0.25, 0.3) is 11.8 Å². The van der Waals surface area contributed by atoms with Crippen LogP contribution in [0, 0.1) is 18.8 Å². The van der Waals surface area contributed by atoms with Crippen LogP contribution in [0.25, 0.3) is 44.8 Å². The SMILES string of the molecule is CCO/C=C/C(=O)Nc1ccc(-c2ccc3cc(-c4nc5cc(C(=O)N6CC7CCC6[C@@H]7N)cc(OC)c5n4C)n(CC4CC4)c3n2)c(C)c1. The number of benzene rings is 2. The molecule has 4 heterocycles. The van der Waals surface area contributed by atoms with E-state index in [1.54, 1.807) is 7.11 Å². The average Bonchev–Trinajstić information content (AvgIpc) is 3.51. The number of carbonyl (C=O) groups is 2. The zero-order valence-electron chi connectivity index (χ0n) is 29.0. The lowest BCUT2D eigenvalue weighted by molar-refractivity contribution is -0.112. The van der Waals surface area contributed by atoms with Crippen molar-refractivity contribution in [3.63, 3.8) is 0 Å². The number of nitrogens with two attached hydrogens (primary N) is 1. The molecule has 3 aromatic heterocycles. The molecule has 11 nitrogen and oxygen atoms in total. The summed E-state index contributed by atoms with van der Waals surface area (Å²) in [6.45, 7) is 5.95. The lowest BCUT2D eigenvalue weighted by Crippen LogP contribution is -2.41. The fourth-order valence-electron chi connectivity index (χ4n) is 7.89. The summed E-state index contributed by atoms with van der Waals surface area (Å²) in [7, 11) is 3.64. The van der Waals surface area contributed by atoms with Crippen molar-refractivity contribution < 1.29 is 19.1 Å². The molecule has 0 spiro atoms. The van der Waals surface area contributed by atoms with E-state index in [1.807, 2.05) is 62.2 Å². The predicted octanol–water partition coefficient (Wildman–Crippen LogP) is 6.03. The first-order chi connectivity index (χ1) is 24.2. The van der Waals surface area contributed by atoms with Crippen LogP contribution in [-0.2, 0) is 23.1 Å². The van der Waals surface area contributed by atoms with Crippen molar-refractivity contribution in [1.82, 2.24) is 24.0 Å². The maximum atomic E-state index is 13.8. The number of aryl methyl sites for hydroxylation is 2. The number of pyridine rings is 1. The Kier molecular flexibility index (Phi) is 8.10. The zero-order valence-corrected chi connectivity index (χ0v) is 29.0. The minimum absolute atomic E-state index is 0.0104. The Hall–Kier alpha value is -5.16. The van der Waals surface area contributed by atoms with Crippen LogP contribution in [-0.4, -0.2) is 68.2 Å². The second-order valence-corrected chi connectivity index (χ2v) is 14.0. The molecule has 258 valence electrons. The van der Waals surface area contributed by atoms with Crippen molar-refractivity contribution in [2.45, 2.75) is 58.2 Å². The fraction of sp³-hybridized carbons (Fsp3) is 0.385. The van der Waals surface area contributed by atoms with Gasteiger partial charge in [-0.05, 0) is 99.4 Å². The summed E-state index contributed by atoms with van der Waals surface area (Å²) in [4.78, 5) is 38.4. The molecule has 2 aromatic carbocycles. The van der Waals surface area contributed by atoms with Gasteiger partial charge in [0.05, 0.1) is 36.9 Å². The summed E-state index contributed by atoms with van der Waals surface area (Å²) < 4.78 is 15.4. The number of piperidine rings is 1. The predicted molar refractivity (Wildman–Crippen MR) is 194 cm³/mol. The summed E-state index contributed by atoms with van der Waals surface area (Å²) in [5.41, 5.74) is 14.0. The molecule has 8 rings (SSSR count). The molecule has 2 saturated carbocycles. The Morgan fingerprint density at radius 2 is 1.90 bits per heavy atom. The van der Waals surface area contributed by atoms with Crippen LogP contribution in [0.15, 0.2) is 60.9 Å². The Balaban J connectivity index is 1.16. The number of likely N-dealkylation sites (tertiary alicyclic amines) is 1. The van der Waals surface area contributed by atoms with Crippen molar-refractivity contribution in [2.24, 2.45) is 24.6 Å². The summed E-state index contributed by atoms with van der Waals surface area (Å²) in [6, 6.07) is 16.1. The molecule has 3 N–H and O–H groups in total. The number of hydrogen-bond donors (Lipinski definition) is 2. The third kappa shape index (κ3) is 5.59. The van der Waals surface area contributed by atoms with Gasteiger partial charge < -0.3 is 34.6 Å². The smallest absolute Gasteiger partial charge is 0.254 e. The fourth-order valence-corrected chi connectivity index (χ4v) is 7.89. The van der Waals surface area contributed by atoms with Gasteiger partial charge in [0.2, 0.25) is 0 Å². The van der Waals surface area contributed by atoms with Crippen LogP contribution in [0.1, 0.15) is 48.5 Å². The van der Waals surface area contributed by atoms with Gasteiger partial charge in [0.1, 0.15) is 16.9 Å². The van der Waals surface area contributed by atoms with Gasteiger partial charge in [-0.3, -0.25) is 9.59 Å². The molecule has 3 aliphatic rings. The van der Waals surface area contributed by atoms with E-state index in [4.69, 9.17) is 25.2 Å². The first kappa shape index (κ1) is 32.1. The standard InChI is InChI=1S/C39H43N7O4/c1-5-50-15-14-34(47)41-27-10-11-28(22(2)16-27)29-12-8-24-18-32(45(37(24)42-29)20-23-6-7-23)38-43-30-17-26(19-33(49-4)36(30)44(38)3)39(48)46-21-25-9-13-31(46)35(25)40/h8,10-12,14-19,23,25,31,35H,5-7,9,13,20-21,40H2,1-4H3,(H,41,47)/b15-14+/t25?,31?,35-/m1/s1. The molecule has 3 fully saturated rings. The highest BCUT2D eigenvalue weighted by Gasteiger charge is 2.47. The maximum absolute atomic E-state index is 13.8. The maximum Gasteiger partial charge on any atom is 0.254 e. The van der Waals surface area contributed by atoms with E-state index in [0.29, 0.717) is 47.5 Å². The number of rotatable bonds is 10. The number of nitrogens with zero attached hydrogens (tertiary/aromatic N) is 5. The molecule has 11 heteroatoms. The molecule has 2 aliphatic carbocycles. The highest BCUT2D eigenvalue weighted by molar-refractivity contribution is 6.01. The third-order valence-electron chi connectivity index (χ3n) is 10.7. The minimum atomic E-state index is -0.249. The highest BCUT2D eigenvalue weighted by atomic mass is 16.5. The van der Waals surface area contributed by atoms with Crippen LogP contribution in [0.2, 0.25) is 0 Å². The van der Waals surface area contributed by atoms with E-state index < -0.39 is 0 Å². The summed E-state index contributed by atoms with van der Waals surface area (Å²) >= 11 is 0. The highest BCUT2D eigenvalue weighted by Crippen LogP contribution is 2.40. The van der Waals surface area contributed by atoms with Gasteiger partial charge in [0.15, 0.2) is 5.82 Å². The molecule has 2 unspecified atom stereocenters. The van der Waals surface area contributed by atoms with E-state index in [9.17, 15) is 9.59 Å². The van der Waals surface area contributed by atoms with E-state index in [0.717, 1.165) is 64.3 Å². The Morgan fingerprint density at radius 1 is 1.06 bits per heavy atom. The number of ether oxygens (including phenoxy) is 2. The summed E-state index contributed by atoms with van der Waals surface area (Å²) in [5.74, 6) is 2.12. The van der Waals surface area contributed by atoms with E-state index in [2.05, 4.69) is 26.6 Å². The van der Waals surface area contributed by atoms with E-state index in [-0.39, 0.29) is 23.9 Å². The van der Waals surface area contributed by atoms with Gasteiger partial charge in [-0.2, -0.15) is 0 Å². The van der Waals surface area contributed by atoms with Crippen LogP contribution in [0.4, 0.5) is 5.69 Å². The molecular weight excluding hydrogens is 630 g/mol. The van der Waals surface area contributed by atoms with Crippen molar-refractivity contribution in [1.29, 1.82) is 0 Å². The topological polar surface area (TPSA) is 130 Å². The number of hydrogen-bond acceptors (Lipinski definition) is 7. The second kappa shape index (κ2) is 12.6. The molecule has 50 heavy (non-hydrogen) atoms. The number of nitrogens with one attached hydrogen (secondary N) is 1. The largest absolute Gasteiger partial charge is 0.501 e. The monoisotopic (exact) mass is 673 g/mol. The molecular formula is C39H43N7O4. The number of imidazole rings is 1. The summed E-state index contributed by atoms with van der Waals surface area (Å²) in [5, 5.41) is 3.92. The normalized spacial score (nSPS) is 20.0. The molecule has 1 saturated heterocycles. The van der Waals surface area contributed by atoms with Crippen LogP contribution in [0.3, 0.4) is 0 Å². The lowest BCUT2D eigenvalue weighted by Gasteiger charge is -2.27. The number of carbonyl (C=O) groups excluding carboxylic acids is 2. The first-order valence-electron chi connectivity index (χ1n) is 17.6. The molecule has 0 radical (unpaired) electrons. The van der Waals surface area contributed by atoms with Crippen molar-refractivity contribution >= 4 is 39.6 Å². The molecule has 3 atom stereocenters. The van der Waals surface area contributed by atoms with Gasteiger partial charge in [0, 0.05) is 60.5 Å². The molecule has 1 aliphatic heterocycles. The minimum Gasteiger partial charge on any atom is -0.501 e. The summed E-state index contributed by atoms with van der Waals surface area (Å²) in [6.07, 6.45) is 7.20. The Labute approximate surface area is 291 Å². The second-order valence-electron chi connectivity index (χ2n) is 14.0. The number of aromatic nitrogens is 4. The third-order valence-corrected chi connectivity index (χ3v) is 10.7. The lowest BCUT2D eigenvalue weighted by atomic mass is 10.0.